The first kappa shape index (κ1) is 31.4. The highest BCUT2D eigenvalue weighted by molar-refractivity contribution is 6.21. The van der Waals surface area contributed by atoms with Crippen LogP contribution in [0.3, 0.4) is 0 Å². The number of Topliss-reactive ketones (excluding diaryl/α,β-unsaturated/α-hetero) is 1. The molecule has 1 aromatic rings. The fourth-order valence-corrected chi connectivity index (χ4v) is 8.10. The maximum Gasteiger partial charge on any atom is 0.306 e. The second-order valence-corrected chi connectivity index (χ2v) is 13.0. The van der Waals surface area contributed by atoms with Crippen LogP contribution in [-0.4, -0.2) is 65.6 Å². The van der Waals surface area contributed by atoms with E-state index in [-0.39, 0.29) is 47.9 Å². The molecule has 5 atom stereocenters. The third-order valence-corrected chi connectivity index (χ3v) is 10.2. The Morgan fingerprint density at radius 1 is 1.00 bits per heavy atom. The molecule has 7 nitrogen and oxygen atoms in total. The first-order valence-corrected chi connectivity index (χ1v) is 16.0. The van der Waals surface area contributed by atoms with Gasteiger partial charge in [0.2, 0.25) is 0 Å². The Hall–Kier alpha value is -2.54. The lowest BCUT2D eigenvalue weighted by atomic mass is 9.53. The molecule has 41 heavy (non-hydrogen) atoms. The number of hydrogen-bond donors (Lipinski definition) is 0. The van der Waals surface area contributed by atoms with E-state index in [1.165, 1.54) is 31.1 Å². The second kappa shape index (κ2) is 14.1. The SMILES string of the molecule is CCC[C@@H]1C(OC(=O)CCC(C)=O)CC[C@]2(C)C(N(C)CCCCCCN3C(=O)c4ccccc4C3=O)CCC[C@@H]12. The van der Waals surface area contributed by atoms with Crippen molar-refractivity contribution in [1.29, 1.82) is 0 Å². The van der Waals surface area contributed by atoms with Crippen LogP contribution >= 0.6 is 0 Å². The molecule has 1 aromatic carbocycles. The van der Waals surface area contributed by atoms with E-state index in [4.69, 9.17) is 4.74 Å². The number of esters is 1. The minimum Gasteiger partial charge on any atom is -0.462 e. The average molecular weight is 567 g/mol. The number of carbonyl (C=O) groups excluding carboxylic acids is 4. The van der Waals surface area contributed by atoms with Gasteiger partial charge in [0.25, 0.3) is 11.8 Å². The van der Waals surface area contributed by atoms with Crippen LogP contribution in [0.1, 0.15) is 125 Å². The van der Waals surface area contributed by atoms with Gasteiger partial charge in [-0.3, -0.25) is 19.3 Å². The number of amides is 2. The van der Waals surface area contributed by atoms with Gasteiger partial charge in [0.1, 0.15) is 11.9 Å². The van der Waals surface area contributed by atoms with E-state index < -0.39 is 0 Å². The zero-order valence-corrected chi connectivity index (χ0v) is 25.7. The molecule has 0 bridgehead atoms. The molecule has 0 spiro atoms. The number of ether oxygens (including phenoxy) is 1. The van der Waals surface area contributed by atoms with Crippen LogP contribution < -0.4 is 0 Å². The van der Waals surface area contributed by atoms with E-state index in [2.05, 4.69) is 25.8 Å². The van der Waals surface area contributed by atoms with Crippen LogP contribution in [0, 0.1) is 17.3 Å². The van der Waals surface area contributed by atoms with Crippen molar-refractivity contribution in [1.82, 2.24) is 9.80 Å². The smallest absolute Gasteiger partial charge is 0.306 e. The van der Waals surface area contributed by atoms with Crippen molar-refractivity contribution in [2.24, 2.45) is 17.3 Å². The van der Waals surface area contributed by atoms with Crippen molar-refractivity contribution < 1.29 is 23.9 Å². The Balaban J connectivity index is 1.25. The summed E-state index contributed by atoms with van der Waals surface area (Å²) in [5.41, 5.74) is 1.26. The van der Waals surface area contributed by atoms with Crippen LogP contribution in [0.5, 0.6) is 0 Å². The lowest BCUT2D eigenvalue weighted by Gasteiger charge is -2.57. The number of rotatable bonds is 14. The van der Waals surface area contributed by atoms with E-state index in [1.807, 2.05) is 12.1 Å². The Bertz CT molecular complexity index is 1070. The number of carbonyl (C=O) groups is 4. The minimum absolute atomic E-state index is 0.0290. The first-order valence-electron chi connectivity index (χ1n) is 16.0. The minimum atomic E-state index is -0.220. The van der Waals surface area contributed by atoms with Gasteiger partial charge in [-0.1, -0.05) is 51.7 Å². The number of fused-ring (bicyclic) bond motifs is 2. The summed E-state index contributed by atoms with van der Waals surface area (Å²) in [4.78, 5) is 53.0. The van der Waals surface area contributed by atoms with Crippen molar-refractivity contribution >= 4 is 23.6 Å². The molecule has 2 unspecified atom stereocenters. The molecule has 2 saturated carbocycles. The van der Waals surface area contributed by atoms with Crippen molar-refractivity contribution in [3.8, 4) is 0 Å². The number of imide groups is 1. The van der Waals surface area contributed by atoms with E-state index in [0.717, 1.165) is 57.9 Å². The number of ketones is 1. The van der Waals surface area contributed by atoms with E-state index in [1.54, 1.807) is 12.1 Å². The highest BCUT2D eigenvalue weighted by atomic mass is 16.5. The molecule has 4 rings (SSSR count). The predicted octanol–water partition coefficient (Wildman–Crippen LogP) is 6.44. The largest absolute Gasteiger partial charge is 0.462 e. The van der Waals surface area contributed by atoms with Crippen molar-refractivity contribution in [3.05, 3.63) is 35.4 Å². The average Bonchev–Trinajstić information content (AvgIpc) is 3.19. The zero-order valence-electron chi connectivity index (χ0n) is 25.7. The summed E-state index contributed by atoms with van der Waals surface area (Å²) < 4.78 is 6.02. The van der Waals surface area contributed by atoms with Crippen molar-refractivity contribution in [3.63, 3.8) is 0 Å². The molecule has 2 fully saturated rings. The lowest BCUT2D eigenvalue weighted by molar-refractivity contribution is -0.166. The molecule has 2 amide bonds. The Kier molecular flexibility index (Phi) is 10.8. The molecular formula is C34H50N2O5. The highest BCUT2D eigenvalue weighted by Gasteiger charge is 2.53. The van der Waals surface area contributed by atoms with Gasteiger partial charge in [-0.05, 0) is 94.8 Å². The van der Waals surface area contributed by atoms with Crippen LogP contribution in [0.2, 0.25) is 0 Å². The molecule has 226 valence electrons. The summed E-state index contributed by atoms with van der Waals surface area (Å²) in [6.45, 7) is 7.76. The summed E-state index contributed by atoms with van der Waals surface area (Å²) in [7, 11) is 2.28. The molecule has 1 heterocycles. The quantitative estimate of drug-likeness (QED) is 0.146. The van der Waals surface area contributed by atoms with Gasteiger partial charge >= 0.3 is 5.97 Å². The van der Waals surface area contributed by atoms with Gasteiger partial charge in [-0.2, -0.15) is 0 Å². The zero-order chi connectivity index (χ0) is 29.6. The lowest BCUT2D eigenvalue weighted by Crippen LogP contribution is -2.57. The van der Waals surface area contributed by atoms with Gasteiger partial charge in [-0.25, -0.2) is 0 Å². The summed E-state index contributed by atoms with van der Waals surface area (Å²) >= 11 is 0. The molecule has 7 heteroatoms. The number of benzene rings is 1. The maximum absolute atomic E-state index is 12.6. The van der Waals surface area contributed by atoms with Gasteiger partial charge in [0.05, 0.1) is 17.5 Å². The Morgan fingerprint density at radius 3 is 2.34 bits per heavy atom. The normalized spacial score (nSPS) is 27.6. The number of hydrogen-bond acceptors (Lipinski definition) is 6. The molecule has 1 aliphatic heterocycles. The fourth-order valence-electron chi connectivity index (χ4n) is 8.10. The summed E-state index contributed by atoms with van der Waals surface area (Å²) in [5, 5.41) is 0. The monoisotopic (exact) mass is 566 g/mol. The van der Waals surface area contributed by atoms with Crippen LogP contribution in [0.25, 0.3) is 0 Å². The third-order valence-electron chi connectivity index (χ3n) is 10.2. The highest BCUT2D eigenvalue weighted by Crippen LogP contribution is 2.55. The van der Waals surface area contributed by atoms with Crippen LogP contribution in [0.15, 0.2) is 24.3 Å². The summed E-state index contributed by atoms with van der Waals surface area (Å²) in [5.74, 6) is 0.423. The number of unbranched alkanes of at least 4 members (excludes halogenated alkanes) is 3. The van der Waals surface area contributed by atoms with E-state index >= 15 is 0 Å². The molecule has 0 saturated heterocycles. The van der Waals surface area contributed by atoms with Crippen molar-refractivity contribution in [2.45, 2.75) is 116 Å². The third kappa shape index (κ3) is 7.10. The van der Waals surface area contributed by atoms with E-state index in [9.17, 15) is 19.2 Å². The molecule has 0 radical (unpaired) electrons. The van der Waals surface area contributed by atoms with Crippen molar-refractivity contribution in [2.75, 3.05) is 20.1 Å². The standard InChI is InChI=1S/C34H50N2O5/c1-5-13-27-28-16-12-17-30(34(28,3)21-20-29(27)41-31(38)19-18-24(2)37)35(4)22-10-6-7-11-23-36-32(39)25-14-8-9-15-26(25)33(36)40/h8-9,14-15,27-30H,5-7,10-13,16-23H2,1-4H3/t27-,28-,29?,30?,34-/m0/s1. The Labute approximate surface area is 246 Å². The van der Waals surface area contributed by atoms with Crippen LogP contribution in [0.4, 0.5) is 0 Å². The maximum atomic E-state index is 12.6. The topological polar surface area (TPSA) is 84.0 Å². The molecular weight excluding hydrogens is 516 g/mol. The molecule has 0 N–H and O–H groups in total. The molecule has 2 aliphatic carbocycles. The predicted molar refractivity (Wildman–Crippen MR) is 160 cm³/mol. The van der Waals surface area contributed by atoms with Gasteiger partial charge in [-0.15, -0.1) is 0 Å². The summed E-state index contributed by atoms with van der Waals surface area (Å²) in [6, 6.07) is 7.61. The number of nitrogens with zero attached hydrogens (tertiary/aromatic N) is 2. The van der Waals surface area contributed by atoms with Gasteiger partial charge in [0, 0.05) is 19.0 Å². The second-order valence-electron chi connectivity index (χ2n) is 13.0. The first-order chi connectivity index (χ1) is 19.7. The Morgan fingerprint density at radius 2 is 1.68 bits per heavy atom. The fraction of sp³-hybridized carbons (Fsp3) is 0.706. The van der Waals surface area contributed by atoms with Gasteiger partial charge < -0.3 is 14.4 Å². The molecule has 0 aromatic heterocycles. The van der Waals surface area contributed by atoms with Crippen LogP contribution in [-0.2, 0) is 14.3 Å². The van der Waals surface area contributed by atoms with Gasteiger partial charge in [0.15, 0.2) is 0 Å². The summed E-state index contributed by atoms with van der Waals surface area (Å²) in [6.07, 6.45) is 12.2. The molecule has 3 aliphatic rings. The van der Waals surface area contributed by atoms with E-state index in [0.29, 0.717) is 35.5 Å².